The Morgan fingerprint density at radius 3 is 2.44 bits per heavy atom. The second-order valence-corrected chi connectivity index (χ2v) is 7.49. The van der Waals surface area contributed by atoms with E-state index < -0.39 is 21.7 Å². The molecule has 2 N–H and O–H groups in total. The molecule has 0 aliphatic rings. The van der Waals surface area contributed by atoms with Gasteiger partial charge >= 0.3 is 6.03 Å². The minimum absolute atomic E-state index is 0.0313. The summed E-state index contributed by atoms with van der Waals surface area (Å²) in [5.74, 6) is -0.736. The molecule has 2 heterocycles. The number of carbonyl (C=O) groups excluding carboxylic acids is 1. The molecule has 0 bridgehead atoms. The first-order chi connectivity index (χ1) is 12.9. The van der Waals surface area contributed by atoms with Crippen molar-refractivity contribution in [2.45, 2.75) is 16.3 Å². The van der Waals surface area contributed by atoms with Gasteiger partial charge in [-0.15, -0.1) is 0 Å². The highest BCUT2D eigenvalue weighted by Gasteiger charge is 2.18. The summed E-state index contributed by atoms with van der Waals surface area (Å²) in [6.45, 7) is 0.304. The molecule has 0 radical (unpaired) electrons. The van der Waals surface area contributed by atoms with Gasteiger partial charge in [-0.1, -0.05) is 6.07 Å². The molecule has 1 aromatic carbocycles. The van der Waals surface area contributed by atoms with E-state index in [9.17, 15) is 17.6 Å². The Kier molecular flexibility index (Phi) is 5.41. The highest BCUT2D eigenvalue weighted by Crippen LogP contribution is 2.22. The zero-order chi connectivity index (χ0) is 19.3. The van der Waals surface area contributed by atoms with E-state index in [0.717, 1.165) is 24.0 Å². The lowest BCUT2D eigenvalue weighted by atomic mass is 10.3. The van der Waals surface area contributed by atoms with Crippen molar-refractivity contribution in [3.8, 4) is 0 Å². The minimum Gasteiger partial charge on any atom is -0.334 e. The summed E-state index contributed by atoms with van der Waals surface area (Å²) in [5.41, 5.74) is 1.26. The van der Waals surface area contributed by atoms with Crippen LogP contribution in [0, 0.1) is 5.82 Å². The fourth-order valence-electron chi connectivity index (χ4n) is 2.25. The van der Waals surface area contributed by atoms with Gasteiger partial charge in [-0.3, -0.25) is 9.97 Å². The van der Waals surface area contributed by atoms with Crippen molar-refractivity contribution < 1.29 is 17.6 Å². The predicted octanol–water partition coefficient (Wildman–Crippen LogP) is 2.77. The molecule has 0 aliphatic heterocycles. The van der Waals surface area contributed by atoms with Gasteiger partial charge in [-0.05, 0) is 42.0 Å². The molecule has 2 amide bonds. The number of nitrogens with one attached hydrogen (secondary N) is 2. The van der Waals surface area contributed by atoms with Crippen LogP contribution in [0.1, 0.15) is 5.56 Å². The zero-order valence-electron chi connectivity index (χ0n) is 14.0. The average Bonchev–Trinajstić information content (AvgIpc) is 2.68. The number of sulfone groups is 1. The number of rotatable bonds is 5. The predicted molar refractivity (Wildman–Crippen MR) is 96.2 cm³/mol. The first-order valence-corrected chi connectivity index (χ1v) is 9.33. The fraction of sp³-hybridized carbons (Fsp3) is 0.0556. The summed E-state index contributed by atoms with van der Waals surface area (Å²) < 4.78 is 38.2. The maximum Gasteiger partial charge on any atom is 0.319 e. The number of urea groups is 1. The number of anilines is 1. The fourth-order valence-corrected chi connectivity index (χ4v) is 3.49. The summed E-state index contributed by atoms with van der Waals surface area (Å²) in [5, 5.41) is 5.27. The van der Waals surface area contributed by atoms with E-state index in [0.29, 0.717) is 12.2 Å². The number of amides is 2. The van der Waals surface area contributed by atoms with Gasteiger partial charge in [0.15, 0.2) is 0 Å². The summed E-state index contributed by atoms with van der Waals surface area (Å²) in [6.07, 6.45) is 5.28. The molecular weight excluding hydrogens is 371 g/mol. The highest BCUT2D eigenvalue weighted by molar-refractivity contribution is 7.91. The van der Waals surface area contributed by atoms with Crippen molar-refractivity contribution in [2.75, 3.05) is 5.32 Å². The van der Waals surface area contributed by atoms with E-state index in [1.807, 2.05) is 6.07 Å². The van der Waals surface area contributed by atoms with Gasteiger partial charge < -0.3 is 10.6 Å². The quantitative estimate of drug-likeness (QED) is 0.702. The highest BCUT2D eigenvalue weighted by atomic mass is 32.2. The average molecular weight is 386 g/mol. The van der Waals surface area contributed by atoms with Crippen LogP contribution in [-0.2, 0) is 16.4 Å². The van der Waals surface area contributed by atoms with E-state index in [2.05, 4.69) is 20.6 Å². The number of halogens is 1. The third-order valence-corrected chi connectivity index (χ3v) is 5.33. The normalized spacial score (nSPS) is 11.0. The molecule has 9 heteroatoms. The van der Waals surface area contributed by atoms with Crippen LogP contribution in [0.3, 0.4) is 0 Å². The van der Waals surface area contributed by atoms with E-state index in [1.165, 1.54) is 24.3 Å². The summed E-state index contributed by atoms with van der Waals surface area (Å²) >= 11 is 0. The van der Waals surface area contributed by atoms with E-state index in [1.54, 1.807) is 18.5 Å². The van der Waals surface area contributed by atoms with Gasteiger partial charge in [0.05, 0.1) is 16.0 Å². The van der Waals surface area contributed by atoms with Crippen LogP contribution in [0.2, 0.25) is 0 Å². The summed E-state index contributed by atoms with van der Waals surface area (Å²) in [4.78, 5) is 19.2. The molecule has 27 heavy (non-hydrogen) atoms. The van der Waals surface area contributed by atoms with Crippen molar-refractivity contribution in [1.29, 1.82) is 0 Å². The molecule has 0 unspecified atom stereocenters. The molecule has 0 saturated heterocycles. The molecule has 138 valence electrons. The van der Waals surface area contributed by atoms with Crippen molar-refractivity contribution in [3.63, 3.8) is 0 Å². The van der Waals surface area contributed by atoms with Gasteiger partial charge in [0.1, 0.15) is 5.82 Å². The number of hydrogen-bond donors (Lipinski definition) is 2. The zero-order valence-corrected chi connectivity index (χ0v) is 14.8. The summed E-state index contributed by atoms with van der Waals surface area (Å²) in [7, 11) is -3.89. The Hall–Kier alpha value is -3.33. The van der Waals surface area contributed by atoms with Gasteiger partial charge in [0.2, 0.25) is 9.84 Å². The van der Waals surface area contributed by atoms with Crippen LogP contribution in [0.15, 0.2) is 77.0 Å². The first kappa shape index (κ1) is 18.5. The van der Waals surface area contributed by atoms with Gasteiger partial charge in [-0.25, -0.2) is 17.6 Å². The van der Waals surface area contributed by atoms with Crippen LogP contribution in [0.4, 0.5) is 14.9 Å². The van der Waals surface area contributed by atoms with Gasteiger partial charge in [0.25, 0.3) is 0 Å². The molecule has 0 atom stereocenters. The van der Waals surface area contributed by atoms with E-state index >= 15 is 0 Å². The Labute approximate surface area is 155 Å². The molecule has 0 fully saturated rings. The van der Waals surface area contributed by atoms with Gasteiger partial charge in [-0.2, -0.15) is 0 Å². The molecule has 3 rings (SSSR count). The maximum absolute atomic E-state index is 13.2. The van der Waals surface area contributed by atoms with Crippen molar-refractivity contribution in [2.24, 2.45) is 0 Å². The first-order valence-electron chi connectivity index (χ1n) is 7.84. The van der Waals surface area contributed by atoms with Crippen LogP contribution in [0.5, 0.6) is 0 Å². The largest absolute Gasteiger partial charge is 0.334 e. The van der Waals surface area contributed by atoms with E-state index in [-0.39, 0.29) is 9.79 Å². The molecular formula is C18H15FN4O3S. The standard InChI is InChI=1S/C18H15FN4O3S/c19-14-8-17(12-21-11-14)27(25,26)16-5-3-15(4-6-16)23-18(24)22-10-13-2-1-7-20-9-13/h1-9,11-12H,10H2,(H2,22,23,24). The third kappa shape index (κ3) is 4.64. The third-order valence-electron chi connectivity index (χ3n) is 3.59. The lowest BCUT2D eigenvalue weighted by Crippen LogP contribution is -2.28. The molecule has 2 aromatic heterocycles. The SMILES string of the molecule is O=C(NCc1cccnc1)Nc1ccc(S(=O)(=O)c2cncc(F)c2)cc1. The minimum atomic E-state index is -3.89. The van der Waals surface area contributed by atoms with Crippen LogP contribution in [0.25, 0.3) is 0 Å². The number of nitrogens with zero attached hydrogens (tertiary/aromatic N) is 2. The smallest absolute Gasteiger partial charge is 0.319 e. The second kappa shape index (κ2) is 7.92. The molecule has 0 saturated carbocycles. The molecule has 7 nitrogen and oxygen atoms in total. The Balaban J connectivity index is 1.65. The molecule has 0 spiro atoms. The number of aromatic nitrogens is 2. The Morgan fingerprint density at radius 2 is 1.78 bits per heavy atom. The number of benzene rings is 1. The topological polar surface area (TPSA) is 101 Å². The van der Waals surface area contributed by atoms with Crippen LogP contribution in [-0.4, -0.2) is 24.4 Å². The molecule has 3 aromatic rings. The van der Waals surface area contributed by atoms with Crippen molar-refractivity contribution in [3.05, 3.63) is 78.6 Å². The Bertz CT molecular complexity index is 1040. The summed E-state index contributed by atoms with van der Waals surface area (Å²) in [6, 6.07) is 9.61. The van der Waals surface area contributed by atoms with E-state index in [4.69, 9.17) is 0 Å². The number of pyridine rings is 2. The van der Waals surface area contributed by atoms with Gasteiger partial charge in [0, 0.05) is 30.8 Å². The lowest BCUT2D eigenvalue weighted by Gasteiger charge is -2.09. The Morgan fingerprint density at radius 1 is 1.00 bits per heavy atom. The molecule has 0 aliphatic carbocycles. The van der Waals surface area contributed by atoms with Crippen LogP contribution >= 0.6 is 0 Å². The maximum atomic E-state index is 13.2. The van der Waals surface area contributed by atoms with Crippen LogP contribution < -0.4 is 10.6 Å². The lowest BCUT2D eigenvalue weighted by molar-refractivity contribution is 0.251. The number of hydrogen-bond acceptors (Lipinski definition) is 5. The second-order valence-electron chi connectivity index (χ2n) is 5.54. The monoisotopic (exact) mass is 386 g/mol. The van der Waals surface area contributed by atoms with Crippen molar-refractivity contribution in [1.82, 2.24) is 15.3 Å². The van der Waals surface area contributed by atoms with Crippen molar-refractivity contribution >= 4 is 21.6 Å². The number of carbonyl (C=O) groups is 1.